The Morgan fingerprint density at radius 1 is 1.42 bits per heavy atom. The van der Waals surface area contributed by atoms with E-state index < -0.39 is 0 Å². The molecule has 24 heavy (non-hydrogen) atoms. The van der Waals surface area contributed by atoms with Crippen LogP contribution in [-0.2, 0) is 11.8 Å². The summed E-state index contributed by atoms with van der Waals surface area (Å²) in [7, 11) is 1.82. The fourth-order valence-electron chi connectivity index (χ4n) is 3.25. The molecule has 0 radical (unpaired) electrons. The molecule has 1 aliphatic heterocycles. The van der Waals surface area contributed by atoms with Crippen molar-refractivity contribution in [2.45, 2.75) is 32.2 Å². The number of likely N-dealkylation sites (tertiary alicyclic amines) is 1. The monoisotopic (exact) mass is 348 g/mol. The molecular weight excluding hydrogens is 328 g/mol. The highest BCUT2D eigenvalue weighted by Crippen LogP contribution is 2.37. The normalized spacial score (nSPS) is 17.5. The average Bonchev–Trinajstić information content (AvgIpc) is 3.09. The van der Waals surface area contributed by atoms with Crippen LogP contribution in [0.2, 0.25) is 5.15 Å². The second-order valence-electron chi connectivity index (χ2n) is 5.92. The van der Waals surface area contributed by atoms with Gasteiger partial charge in [0.25, 0.3) is 0 Å². The summed E-state index contributed by atoms with van der Waals surface area (Å²) in [5.74, 6) is -0.169. The molecular formula is C16H21ClN6O. The van der Waals surface area contributed by atoms with Crippen molar-refractivity contribution in [2.75, 3.05) is 26.2 Å². The van der Waals surface area contributed by atoms with Crippen LogP contribution in [0.3, 0.4) is 0 Å². The van der Waals surface area contributed by atoms with Gasteiger partial charge in [0.15, 0.2) is 0 Å². The Labute approximate surface area is 147 Å². The van der Waals surface area contributed by atoms with Gasteiger partial charge >= 0.3 is 0 Å². The third kappa shape index (κ3) is 3.87. The van der Waals surface area contributed by atoms with E-state index in [4.69, 9.17) is 22.1 Å². The Morgan fingerprint density at radius 3 is 2.62 bits per heavy atom. The van der Waals surface area contributed by atoms with E-state index in [9.17, 15) is 4.79 Å². The maximum atomic E-state index is 12.2. The molecule has 128 valence electrons. The summed E-state index contributed by atoms with van der Waals surface area (Å²) in [5, 5.41) is 22.5. The first-order valence-corrected chi connectivity index (χ1v) is 8.32. The van der Waals surface area contributed by atoms with E-state index in [1.807, 2.05) is 26.1 Å². The second-order valence-corrected chi connectivity index (χ2v) is 6.28. The number of aromatic nitrogens is 2. The van der Waals surface area contributed by atoms with Crippen LogP contribution in [0.25, 0.3) is 0 Å². The highest BCUT2D eigenvalue weighted by molar-refractivity contribution is 6.30. The Hall–Kier alpha value is -2.09. The van der Waals surface area contributed by atoms with Gasteiger partial charge in [-0.2, -0.15) is 15.6 Å². The summed E-state index contributed by atoms with van der Waals surface area (Å²) in [5.41, 5.74) is 1.95. The second kappa shape index (κ2) is 8.14. The minimum Gasteiger partial charge on any atom is -0.316 e. The molecule has 1 atom stereocenters. The molecule has 0 bridgehead atoms. The van der Waals surface area contributed by atoms with E-state index in [1.54, 1.807) is 4.68 Å². The smallest absolute Gasteiger partial charge is 0.225 e. The highest BCUT2D eigenvalue weighted by atomic mass is 35.5. The van der Waals surface area contributed by atoms with E-state index in [-0.39, 0.29) is 31.5 Å². The molecule has 0 aromatic carbocycles. The zero-order chi connectivity index (χ0) is 17.7. The van der Waals surface area contributed by atoms with Crippen LogP contribution < -0.4 is 0 Å². The summed E-state index contributed by atoms with van der Waals surface area (Å²) >= 11 is 6.38. The minimum atomic E-state index is -0.169. The van der Waals surface area contributed by atoms with Crippen LogP contribution in [0.1, 0.15) is 36.6 Å². The number of aryl methyl sites for hydroxylation is 2. The Kier molecular flexibility index (Phi) is 6.19. The van der Waals surface area contributed by atoms with Gasteiger partial charge in [-0.1, -0.05) is 11.6 Å². The van der Waals surface area contributed by atoms with Crippen LogP contribution in [0.15, 0.2) is 0 Å². The summed E-state index contributed by atoms with van der Waals surface area (Å²) in [6, 6.07) is 4.02. The van der Waals surface area contributed by atoms with Crippen molar-refractivity contribution in [2.24, 2.45) is 7.05 Å². The number of hydrogen-bond donors (Lipinski definition) is 0. The van der Waals surface area contributed by atoms with E-state index >= 15 is 0 Å². The fraction of sp³-hybridized carbons (Fsp3) is 0.625. The van der Waals surface area contributed by atoms with E-state index in [0.29, 0.717) is 11.7 Å². The first kappa shape index (κ1) is 18.3. The molecule has 2 rings (SSSR count). The fourth-order valence-corrected chi connectivity index (χ4v) is 3.55. The SMILES string of the molecule is Cc1nn(C)c(Cl)c1C1CCCN1CCC(=O)N(CC#N)CC#N. The molecule has 1 fully saturated rings. The maximum absolute atomic E-state index is 12.2. The molecule has 0 saturated carbocycles. The molecule has 1 aromatic rings. The Balaban J connectivity index is 2.03. The van der Waals surface area contributed by atoms with Gasteiger partial charge in [-0.05, 0) is 26.3 Å². The van der Waals surface area contributed by atoms with Crippen LogP contribution in [0.5, 0.6) is 0 Å². The summed E-state index contributed by atoms with van der Waals surface area (Å²) < 4.78 is 1.68. The number of hydrogen-bond acceptors (Lipinski definition) is 5. The number of nitriles is 2. The number of halogens is 1. The third-order valence-corrected chi connectivity index (χ3v) is 4.83. The number of carbonyl (C=O) groups excluding carboxylic acids is 1. The highest BCUT2D eigenvalue weighted by Gasteiger charge is 2.31. The van der Waals surface area contributed by atoms with Crippen molar-refractivity contribution in [3.63, 3.8) is 0 Å². The van der Waals surface area contributed by atoms with Crippen molar-refractivity contribution in [1.82, 2.24) is 19.6 Å². The van der Waals surface area contributed by atoms with Crippen LogP contribution in [0.4, 0.5) is 0 Å². The lowest BCUT2D eigenvalue weighted by atomic mass is 10.1. The third-order valence-electron chi connectivity index (χ3n) is 4.38. The average molecular weight is 349 g/mol. The standard InChI is InChI=1S/C16H21ClN6O/c1-12-15(16(17)21(2)20-12)13-4-3-8-22(13)9-5-14(24)23(10-6-18)11-7-19/h13H,3-5,8-11H2,1-2H3. The Morgan fingerprint density at radius 2 is 2.08 bits per heavy atom. The number of carbonyl (C=O) groups is 1. The largest absolute Gasteiger partial charge is 0.316 e. The molecule has 7 nitrogen and oxygen atoms in total. The topological polar surface area (TPSA) is 88.9 Å². The predicted molar refractivity (Wildman–Crippen MR) is 88.9 cm³/mol. The van der Waals surface area contributed by atoms with Gasteiger partial charge in [0.05, 0.1) is 17.8 Å². The van der Waals surface area contributed by atoms with Gasteiger partial charge in [0.1, 0.15) is 18.2 Å². The quantitative estimate of drug-likeness (QED) is 0.731. The lowest BCUT2D eigenvalue weighted by Crippen LogP contribution is -2.35. The predicted octanol–water partition coefficient (Wildman–Crippen LogP) is 1.78. The van der Waals surface area contributed by atoms with Gasteiger partial charge in [-0.25, -0.2) is 0 Å². The van der Waals surface area contributed by atoms with Crippen molar-refractivity contribution in [3.8, 4) is 12.1 Å². The molecule has 1 saturated heterocycles. The van der Waals surface area contributed by atoms with E-state index in [0.717, 1.165) is 30.6 Å². The molecule has 1 amide bonds. The number of amides is 1. The van der Waals surface area contributed by atoms with Gasteiger partial charge in [0, 0.05) is 31.6 Å². The van der Waals surface area contributed by atoms with Crippen molar-refractivity contribution in [1.29, 1.82) is 10.5 Å². The molecule has 2 heterocycles. The molecule has 0 spiro atoms. The van der Waals surface area contributed by atoms with Crippen LogP contribution in [0, 0.1) is 29.6 Å². The summed E-state index contributed by atoms with van der Waals surface area (Å²) in [4.78, 5) is 15.7. The van der Waals surface area contributed by atoms with Gasteiger partial charge in [-0.15, -0.1) is 0 Å². The lowest BCUT2D eigenvalue weighted by molar-refractivity contribution is -0.130. The zero-order valence-corrected chi connectivity index (χ0v) is 14.8. The van der Waals surface area contributed by atoms with Crippen molar-refractivity contribution < 1.29 is 4.79 Å². The maximum Gasteiger partial charge on any atom is 0.225 e. The molecule has 0 aliphatic carbocycles. The van der Waals surface area contributed by atoms with Gasteiger partial charge < -0.3 is 4.90 Å². The van der Waals surface area contributed by atoms with E-state index in [2.05, 4.69) is 10.00 Å². The lowest BCUT2D eigenvalue weighted by Gasteiger charge is -2.25. The summed E-state index contributed by atoms with van der Waals surface area (Å²) in [6.07, 6.45) is 2.32. The van der Waals surface area contributed by atoms with Crippen LogP contribution in [-0.4, -0.2) is 51.7 Å². The van der Waals surface area contributed by atoms with Crippen LogP contribution >= 0.6 is 11.6 Å². The Bertz CT molecular complexity index is 670. The van der Waals surface area contributed by atoms with Crippen molar-refractivity contribution >= 4 is 17.5 Å². The molecule has 8 heteroatoms. The molecule has 1 unspecified atom stereocenters. The number of rotatable bonds is 6. The molecule has 1 aliphatic rings. The van der Waals surface area contributed by atoms with Gasteiger partial charge in [0.2, 0.25) is 5.91 Å². The molecule has 1 aromatic heterocycles. The number of nitrogens with zero attached hydrogens (tertiary/aromatic N) is 6. The van der Waals surface area contributed by atoms with E-state index in [1.165, 1.54) is 4.90 Å². The van der Waals surface area contributed by atoms with Crippen molar-refractivity contribution in [3.05, 3.63) is 16.4 Å². The summed E-state index contributed by atoms with van der Waals surface area (Å²) in [6.45, 7) is 3.33. The van der Waals surface area contributed by atoms with Gasteiger partial charge in [-0.3, -0.25) is 14.4 Å². The minimum absolute atomic E-state index is 0.0522. The molecule has 0 N–H and O–H groups in total. The zero-order valence-electron chi connectivity index (χ0n) is 14.0. The first-order chi connectivity index (χ1) is 11.5. The first-order valence-electron chi connectivity index (χ1n) is 7.94.